The van der Waals surface area contributed by atoms with E-state index in [0.29, 0.717) is 17.9 Å². The Bertz CT molecular complexity index is 1380. The smallest absolute Gasteiger partial charge is 0.264 e. The molecule has 0 saturated heterocycles. The molecule has 0 aromatic heterocycles. The van der Waals surface area contributed by atoms with E-state index >= 15 is 0 Å². The lowest BCUT2D eigenvalue weighted by Crippen LogP contribution is -2.53. The zero-order chi connectivity index (χ0) is 29.3. The normalized spacial score (nSPS) is 12.7. The van der Waals surface area contributed by atoms with E-state index < -0.39 is 28.5 Å². The van der Waals surface area contributed by atoms with Crippen molar-refractivity contribution in [3.63, 3.8) is 0 Å². The Morgan fingerprint density at radius 3 is 2.20 bits per heavy atom. The lowest BCUT2D eigenvalue weighted by molar-refractivity contribution is -0.140. The van der Waals surface area contributed by atoms with Gasteiger partial charge in [-0.2, -0.15) is 0 Å². The molecule has 2 atom stereocenters. The zero-order valence-electron chi connectivity index (χ0n) is 23.8. The van der Waals surface area contributed by atoms with Gasteiger partial charge in [0.2, 0.25) is 11.8 Å². The largest absolute Gasteiger partial charge is 0.497 e. The van der Waals surface area contributed by atoms with E-state index in [-0.39, 0.29) is 23.4 Å². The number of methoxy groups -OCH3 is 1. The van der Waals surface area contributed by atoms with Crippen molar-refractivity contribution in [3.8, 4) is 5.75 Å². The number of nitrogens with zero attached hydrogens (tertiary/aromatic N) is 2. The summed E-state index contributed by atoms with van der Waals surface area (Å²) in [6, 6.07) is 21.4. The number of para-hydroxylation sites is 1. The molecule has 214 valence electrons. The molecule has 0 aliphatic carbocycles. The van der Waals surface area contributed by atoms with Gasteiger partial charge in [0.25, 0.3) is 10.0 Å². The quantitative estimate of drug-likeness (QED) is 0.317. The summed E-state index contributed by atoms with van der Waals surface area (Å²) < 4.78 is 34.2. The summed E-state index contributed by atoms with van der Waals surface area (Å²) >= 11 is 0. The molecule has 0 fully saturated rings. The van der Waals surface area contributed by atoms with Gasteiger partial charge in [0.1, 0.15) is 18.3 Å². The van der Waals surface area contributed by atoms with Crippen molar-refractivity contribution in [1.82, 2.24) is 10.2 Å². The fourth-order valence-corrected chi connectivity index (χ4v) is 5.70. The van der Waals surface area contributed by atoms with Crippen LogP contribution in [0.2, 0.25) is 0 Å². The standard InChI is InChI=1S/C31H39N3O5S/c1-6-24(4)32-31(36)29(7-2)33(21-25-12-11-15-27(20-25)39-5)30(35)22-34(26-13-9-8-10-14-26)40(37,38)28-18-16-23(3)17-19-28/h8-20,24,29H,6-7,21-22H2,1-5H3,(H,32,36)/t24-,29-/m1/s1. The molecule has 0 aliphatic heterocycles. The van der Waals surface area contributed by atoms with E-state index in [1.807, 2.05) is 39.8 Å². The summed E-state index contributed by atoms with van der Waals surface area (Å²) in [6.45, 7) is 7.22. The van der Waals surface area contributed by atoms with E-state index in [1.165, 1.54) is 17.0 Å². The van der Waals surface area contributed by atoms with Crippen LogP contribution in [-0.4, -0.2) is 50.9 Å². The molecule has 0 spiro atoms. The highest BCUT2D eigenvalue weighted by molar-refractivity contribution is 7.92. The van der Waals surface area contributed by atoms with E-state index in [0.717, 1.165) is 21.9 Å². The predicted octanol–water partition coefficient (Wildman–Crippen LogP) is 4.92. The molecular formula is C31H39N3O5S. The van der Waals surface area contributed by atoms with Crippen molar-refractivity contribution in [1.29, 1.82) is 0 Å². The van der Waals surface area contributed by atoms with Crippen LogP contribution in [0.25, 0.3) is 0 Å². The molecule has 1 N–H and O–H groups in total. The topological polar surface area (TPSA) is 96.0 Å². The van der Waals surface area contributed by atoms with Gasteiger partial charge in [-0.15, -0.1) is 0 Å². The minimum atomic E-state index is -4.09. The summed E-state index contributed by atoms with van der Waals surface area (Å²) in [5, 5.41) is 2.98. The third kappa shape index (κ3) is 7.63. The van der Waals surface area contributed by atoms with Crippen LogP contribution in [0.3, 0.4) is 0 Å². The highest BCUT2D eigenvalue weighted by Crippen LogP contribution is 2.25. The average Bonchev–Trinajstić information content (AvgIpc) is 2.96. The number of aryl methyl sites for hydroxylation is 1. The fraction of sp³-hybridized carbons (Fsp3) is 0.355. The average molecular weight is 566 g/mol. The van der Waals surface area contributed by atoms with Crippen LogP contribution in [-0.2, 0) is 26.2 Å². The first-order valence-electron chi connectivity index (χ1n) is 13.5. The summed E-state index contributed by atoms with van der Waals surface area (Å²) in [4.78, 5) is 29.0. The SMILES string of the molecule is CC[C@@H](C)NC(=O)[C@@H](CC)N(Cc1cccc(OC)c1)C(=O)CN(c1ccccc1)S(=O)(=O)c1ccc(C)cc1. The van der Waals surface area contributed by atoms with Crippen molar-refractivity contribution in [2.24, 2.45) is 0 Å². The Morgan fingerprint density at radius 1 is 0.925 bits per heavy atom. The van der Waals surface area contributed by atoms with Crippen LogP contribution in [0.5, 0.6) is 5.75 Å². The molecule has 3 aromatic carbocycles. The Kier molecular flexibility index (Phi) is 10.7. The molecular weight excluding hydrogens is 526 g/mol. The van der Waals surface area contributed by atoms with Gasteiger partial charge in [-0.1, -0.05) is 61.9 Å². The zero-order valence-corrected chi connectivity index (χ0v) is 24.6. The molecule has 0 aliphatic rings. The number of hydrogen-bond donors (Lipinski definition) is 1. The second kappa shape index (κ2) is 14.0. The molecule has 0 heterocycles. The second-order valence-electron chi connectivity index (χ2n) is 9.78. The molecule has 0 bridgehead atoms. The van der Waals surface area contributed by atoms with Gasteiger partial charge in [0, 0.05) is 12.6 Å². The van der Waals surface area contributed by atoms with E-state index in [2.05, 4.69) is 5.32 Å². The van der Waals surface area contributed by atoms with Gasteiger partial charge in [-0.3, -0.25) is 13.9 Å². The molecule has 8 nitrogen and oxygen atoms in total. The van der Waals surface area contributed by atoms with Crippen molar-refractivity contribution < 1.29 is 22.7 Å². The number of rotatable bonds is 13. The van der Waals surface area contributed by atoms with Gasteiger partial charge < -0.3 is 15.0 Å². The highest BCUT2D eigenvalue weighted by Gasteiger charge is 2.34. The minimum absolute atomic E-state index is 0.0712. The first-order valence-corrected chi connectivity index (χ1v) is 14.9. The van der Waals surface area contributed by atoms with Crippen LogP contribution in [0, 0.1) is 6.92 Å². The third-order valence-corrected chi connectivity index (χ3v) is 8.59. The number of anilines is 1. The Hall–Kier alpha value is -3.85. The maximum absolute atomic E-state index is 14.1. The molecule has 3 rings (SSSR count). The van der Waals surface area contributed by atoms with Gasteiger partial charge in [-0.05, 0) is 68.7 Å². The lowest BCUT2D eigenvalue weighted by Gasteiger charge is -2.33. The van der Waals surface area contributed by atoms with Crippen molar-refractivity contribution in [2.45, 2.75) is 64.1 Å². The fourth-order valence-electron chi connectivity index (χ4n) is 4.29. The van der Waals surface area contributed by atoms with Crippen LogP contribution in [0.4, 0.5) is 5.69 Å². The number of benzene rings is 3. The molecule has 0 radical (unpaired) electrons. The molecule has 9 heteroatoms. The number of hydrogen-bond acceptors (Lipinski definition) is 5. The monoisotopic (exact) mass is 565 g/mol. The first kappa shape index (κ1) is 30.7. The number of carbonyl (C=O) groups excluding carboxylic acids is 2. The summed E-state index contributed by atoms with van der Waals surface area (Å²) in [6.07, 6.45) is 1.09. The number of amides is 2. The third-order valence-electron chi connectivity index (χ3n) is 6.81. The van der Waals surface area contributed by atoms with Gasteiger partial charge >= 0.3 is 0 Å². The Morgan fingerprint density at radius 2 is 1.60 bits per heavy atom. The number of ether oxygens (including phenoxy) is 1. The number of nitrogens with one attached hydrogen (secondary N) is 1. The van der Waals surface area contributed by atoms with Crippen molar-refractivity contribution in [2.75, 3.05) is 18.0 Å². The number of sulfonamides is 1. The Balaban J connectivity index is 2.04. The summed E-state index contributed by atoms with van der Waals surface area (Å²) in [5.41, 5.74) is 2.04. The molecule has 2 amide bonds. The van der Waals surface area contributed by atoms with Gasteiger partial charge in [-0.25, -0.2) is 8.42 Å². The lowest BCUT2D eigenvalue weighted by atomic mass is 10.1. The van der Waals surface area contributed by atoms with E-state index in [9.17, 15) is 18.0 Å². The predicted molar refractivity (Wildman–Crippen MR) is 158 cm³/mol. The molecule has 3 aromatic rings. The second-order valence-corrected chi connectivity index (χ2v) is 11.6. The molecule has 0 unspecified atom stereocenters. The summed E-state index contributed by atoms with van der Waals surface area (Å²) in [5.74, 6) is -0.149. The number of carbonyl (C=O) groups is 2. The maximum Gasteiger partial charge on any atom is 0.264 e. The van der Waals surface area contributed by atoms with Crippen LogP contribution in [0.15, 0.2) is 83.8 Å². The Labute approximate surface area is 238 Å². The van der Waals surface area contributed by atoms with E-state index in [4.69, 9.17) is 4.74 Å². The molecule has 0 saturated carbocycles. The van der Waals surface area contributed by atoms with Gasteiger partial charge in [0.15, 0.2) is 0 Å². The molecule has 40 heavy (non-hydrogen) atoms. The maximum atomic E-state index is 14.1. The van der Waals surface area contributed by atoms with Crippen LogP contribution < -0.4 is 14.4 Å². The van der Waals surface area contributed by atoms with Crippen molar-refractivity contribution in [3.05, 3.63) is 90.0 Å². The van der Waals surface area contributed by atoms with Crippen LogP contribution in [0.1, 0.15) is 44.7 Å². The summed E-state index contributed by atoms with van der Waals surface area (Å²) in [7, 11) is -2.53. The van der Waals surface area contributed by atoms with E-state index in [1.54, 1.807) is 61.7 Å². The van der Waals surface area contributed by atoms with Gasteiger partial charge in [0.05, 0.1) is 17.7 Å². The minimum Gasteiger partial charge on any atom is -0.497 e. The van der Waals surface area contributed by atoms with Crippen LogP contribution >= 0.6 is 0 Å². The highest BCUT2D eigenvalue weighted by atomic mass is 32.2. The first-order chi connectivity index (χ1) is 19.1. The van der Waals surface area contributed by atoms with Crippen molar-refractivity contribution >= 4 is 27.5 Å².